The maximum atomic E-state index is 13.1. The fourth-order valence-electron chi connectivity index (χ4n) is 3.91. The Bertz CT molecular complexity index is 889. The zero-order valence-corrected chi connectivity index (χ0v) is 16.9. The molecular formula is C20H24N4O3S. The number of carbonyl (C=O) groups is 2. The van der Waals surface area contributed by atoms with Gasteiger partial charge in [0, 0.05) is 31.2 Å². The Morgan fingerprint density at radius 2 is 2.04 bits per heavy atom. The van der Waals surface area contributed by atoms with Crippen LogP contribution in [0.5, 0.6) is 0 Å². The second-order valence-corrected chi connectivity index (χ2v) is 8.72. The molecule has 1 N–H and O–H groups in total. The van der Waals surface area contributed by atoms with Gasteiger partial charge in [-0.25, -0.2) is 0 Å². The first-order valence-corrected chi connectivity index (χ1v) is 10.4. The molecule has 0 unspecified atom stereocenters. The number of hydrogen-bond acceptors (Lipinski definition) is 6. The highest BCUT2D eigenvalue weighted by molar-refractivity contribution is 7.15. The Morgan fingerprint density at radius 1 is 1.29 bits per heavy atom. The molecule has 2 aromatic rings. The molecule has 2 amide bonds. The van der Waals surface area contributed by atoms with Crippen molar-refractivity contribution in [3.63, 3.8) is 0 Å². The summed E-state index contributed by atoms with van der Waals surface area (Å²) in [4.78, 5) is 27.8. The molecule has 0 saturated carbocycles. The lowest BCUT2D eigenvalue weighted by molar-refractivity contribution is -0.120. The van der Waals surface area contributed by atoms with Crippen molar-refractivity contribution < 1.29 is 14.3 Å². The van der Waals surface area contributed by atoms with E-state index in [4.69, 9.17) is 4.74 Å². The Hall–Kier alpha value is -2.32. The first-order chi connectivity index (χ1) is 13.5. The summed E-state index contributed by atoms with van der Waals surface area (Å²) in [6.45, 7) is 5.71. The third kappa shape index (κ3) is 3.54. The van der Waals surface area contributed by atoms with E-state index in [0.29, 0.717) is 37.7 Å². The summed E-state index contributed by atoms with van der Waals surface area (Å²) in [5, 5.41) is 12.5. The third-order valence-corrected chi connectivity index (χ3v) is 6.63. The number of hydrogen-bond donors (Lipinski definition) is 1. The number of amides is 2. The first-order valence-electron chi connectivity index (χ1n) is 9.59. The molecular weight excluding hydrogens is 376 g/mol. The molecule has 28 heavy (non-hydrogen) atoms. The van der Waals surface area contributed by atoms with Gasteiger partial charge in [0.25, 0.3) is 5.91 Å². The SMILES string of the molecule is CC(C)c1nnc(NC(=O)CC2(N3Cc4ccccc4C3=O)CCOCC2)s1. The number of benzene rings is 1. The molecule has 0 aliphatic carbocycles. The van der Waals surface area contributed by atoms with Crippen molar-refractivity contribution in [2.45, 2.75) is 51.1 Å². The minimum atomic E-state index is -0.538. The van der Waals surface area contributed by atoms with Gasteiger partial charge >= 0.3 is 0 Å². The lowest BCUT2D eigenvalue weighted by Gasteiger charge is -2.44. The Balaban J connectivity index is 1.53. The fourth-order valence-corrected chi connectivity index (χ4v) is 4.67. The average molecular weight is 401 g/mol. The van der Waals surface area contributed by atoms with Crippen molar-refractivity contribution in [1.82, 2.24) is 15.1 Å². The van der Waals surface area contributed by atoms with Crippen LogP contribution in [0.3, 0.4) is 0 Å². The van der Waals surface area contributed by atoms with E-state index in [1.807, 2.05) is 43.0 Å². The Kier molecular flexibility index (Phi) is 5.16. The van der Waals surface area contributed by atoms with Gasteiger partial charge in [-0.1, -0.05) is 43.4 Å². The molecule has 1 aromatic carbocycles. The van der Waals surface area contributed by atoms with Crippen LogP contribution in [0.25, 0.3) is 0 Å². The summed E-state index contributed by atoms with van der Waals surface area (Å²) >= 11 is 1.39. The second-order valence-electron chi connectivity index (χ2n) is 7.71. The maximum Gasteiger partial charge on any atom is 0.254 e. The molecule has 3 heterocycles. The largest absolute Gasteiger partial charge is 0.381 e. The quantitative estimate of drug-likeness (QED) is 0.833. The van der Waals surface area contributed by atoms with Crippen LogP contribution in [0.4, 0.5) is 5.13 Å². The predicted octanol–water partition coefficient (Wildman–Crippen LogP) is 3.20. The van der Waals surface area contributed by atoms with Crippen molar-refractivity contribution in [3.05, 3.63) is 40.4 Å². The molecule has 148 valence electrons. The molecule has 4 rings (SSSR count). The second kappa shape index (κ2) is 7.60. The molecule has 8 heteroatoms. The van der Waals surface area contributed by atoms with Gasteiger partial charge in [0.15, 0.2) is 0 Å². The molecule has 0 radical (unpaired) electrons. The zero-order valence-electron chi connectivity index (χ0n) is 16.1. The van der Waals surface area contributed by atoms with Gasteiger partial charge in [0.05, 0.1) is 12.0 Å². The molecule has 1 aromatic heterocycles. The van der Waals surface area contributed by atoms with Crippen LogP contribution in [-0.2, 0) is 16.1 Å². The van der Waals surface area contributed by atoms with Crippen LogP contribution in [-0.4, -0.2) is 45.7 Å². The smallest absolute Gasteiger partial charge is 0.254 e. The normalized spacial score (nSPS) is 18.4. The Labute approximate surface area is 168 Å². The summed E-state index contributed by atoms with van der Waals surface area (Å²) in [5.74, 6) is 0.131. The molecule has 2 aliphatic rings. The van der Waals surface area contributed by atoms with Crippen LogP contribution in [0.15, 0.2) is 24.3 Å². The standard InChI is InChI=1S/C20H24N4O3S/c1-13(2)17-22-23-19(28-17)21-16(25)11-20(7-9-27-10-8-20)24-12-14-5-3-4-6-15(14)18(24)26/h3-6,13H,7-12H2,1-2H3,(H,21,23,25). The van der Waals surface area contributed by atoms with E-state index < -0.39 is 5.54 Å². The van der Waals surface area contributed by atoms with Gasteiger partial charge in [-0.2, -0.15) is 0 Å². The third-order valence-electron chi connectivity index (χ3n) is 5.49. The highest BCUT2D eigenvalue weighted by Gasteiger charge is 2.46. The number of nitrogens with one attached hydrogen (secondary N) is 1. The van der Waals surface area contributed by atoms with E-state index >= 15 is 0 Å². The minimum absolute atomic E-state index is 0.00306. The number of carbonyl (C=O) groups excluding carboxylic acids is 2. The lowest BCUT2D eigenvalue weighted by atomic mass is 9.84. The lowest BCUT2D eigenvalue weighted by Crippen LogP contribution is -2.54. The van der Waals surface area contributed by atoms with Crippen LogP contribution in [0, 0.1) is 0 Å². The maximum absolute atomic E-state index is 13.1. The molecule has 2 aliphatic heterocycles. The predicted molar refractivity (Wildman–Crippen MR) is 106 cm³/mol. The van der Waals surface area contributed by atoms with Crippen LogP contribution < -0.4 is 5.32 Å². The van der Waals surface area contributed by atoms with Crippen molar-refractivity contribution in [1.29, 1.82) is 0 Å². The summed E-state index contributed by atoms with van der Waals surface area (Å²) in [5.41, 5.74) is 1.22. The van der Waals surface area contributed by atoms with E-state index in [1.165, 1.54) is 11.3 Å². The van der Waals surface area contributed by atoms with E-state index in [9.17, 15) is 9.59 Å². The number of fused-ring (bicyclic) bond motifs is 1. The van der Waals surface area contributed by atoms with Gasteiger partial charge in [-0.05, 0) is 24.5 Å². The van der Waals surface area contributed by atoms with Gasteiger partial charge in [-0.15, -0.1) is 10.2 Å². The monoisotopic (exact) mass is 400 g/mol. The molecule has 0 spiro atoms. The highest BCUT2D eigenvalue weighted by atomic mass is 32.1. The van der Waals surface area contributed by atoms with Gasteiger partial charge in [-0.3, -0.25) is 9.59 Å². The van der Waals surface area contributed by atoms with Crippen LogP contribution >= 0.6 is 11.3 Å². The molecule has 1 fully saturated rings. The Morgan fingerprint density at radius 3 is 2.71 bits per heavy atom. The van der Waals surface area contributed by atoms with E-state index in [1.54, 1.807) is 0 Å². The van der Waals surface area contributed by atoms with Crippen LogP contribution in [0.2, 0.25) is 0 Å². The van der Waals surface area contributed by atoms with Gasteiger partial charge in [0.2, 0.25) is 11.0 Å². The number of ether oxygens (including phenoxy) is 1. The van der Waals surface area contributed by atoms with Crippen LogP contribution in [0.1, 0.15) is 60.0 Å². The number of rotatable bonds is 5. The van der Waals surface area contributed by atoms with E-state index in [-0.39, 0.29) is 24.2 Å². The number of nitrogens with zero attached hydrogens (tertiary/aromatic N) is 3. The number of aromatic nitrogens is 2. The van der Waals surface area contributed by atoms with E-state index in [2.05, 4.69) is 15.5 Å². The molecule has 0 atom stereocenters. The van der Waals surface area contributed by atoms with Gasteiger partial charge < -0.3 is 15.0 Å². The fraction of sp³-hybridized carbons (Fsp3) is 0.500. The summed E-state index contributed by atoms with van der Waals surface area (Å²) in [6.07, 6.45) is 1.52. The minimum Gasteiger partial charge on any atom is -0.381 e. The van der Waals surface area contributed by atoms with Crippen molar-refractivity contribution in [3.8, 4) is 0 Å². The summed E-state index contributed by atoms with van der Waals surface area (Å²) in [7, 11) is 0. The van der Waals surface area contributed by atoms with Crippen molar-refractivity contribution in [2.75, 3.05) is 18.5 Å². The molecule has 1 saturated heterocycles. The number of anilines is 1. The summed E-state index contributed by atoms with van der Waals surface area (Å²) < 4.78 is 5.54. The van der Waals surface area contributed by atoms with Crippen molar-refractivity contribution in [2.24, 2.45) is 0 Å². The molecule has 7 nitrogen and oxygen atoms in total. The summed E-state index contributed by atoms with van der Waals surface area (Å²) in [6, 6.07) is 7.67. The average Bonchev–Trinajstić information content (AvgIpc) is 3.28. The zero-order chi connectivity index (χ0) is 19.7. The topological polar surface area (TPSA) is 84.4 Å². The molecule has 0 bridgehead atoms. The highest BCUT2D eigenvalue weighted by Crippen LogP contribution is 2.38. The first kappa shape index (κ1) is 19.0. The van der Waals surface area contributed by atoms with E-state index in [0.717, 1.165) is 16.1 Å². The van der Waals surface area contributed by atoms with Gasteiger partial charge in [0.1, 0.15) is 5.01 Å². The van der Waals surface area contributed by atoms with Crippen molar-refractivity contribution >= 4 is 28.3 Å².